The van der Waals surface area contributed by atoms with E-state index in [-0.39, 0.29) is 43.3 Å². The minimum atomic E-state index is -0.00143. The Hall–Kier alpha value is -12.0. The van der Waals surface area contributed by atoms with E-state index in [1.165, 1.54) is 191 Å². The fourth-order valence-corrected chi connectivity index (χ4v) is 25.2. The molecule has 0 saturated heterocycles. The van der Waals surface area contributed by atoms with Gasteiger partial charge in [-0.15, -0.1) is 45.3 Å². The summed E-state index contributed by atoms with van der Waals surface area (Å²) in [6.45, 7) is 55.4. The largest absolute Gasteiger partial charge is 0.456 e. The molecule has 0 radical (unpaired) electrons. The molecule has 22 rings (SSSR count). The number of fused-ring (bicyclic) bond motifs is 18. The van der Waals surface area contributed by atoms with Gasteiger partial charge in [0.1, 0.15) is 22.3 Å². The Balaban J connectivity index is 0.000000112. The fourth-order valence-electron chi connectivity index (χ4n) is 20.1. The lowest BCUT2D eigenvalue weighted by molar-refractivity contribution is 0.535. The normalized spacial score (nSPS) is 12.5. The van der Waals surface area contributed by atoms with Crippen molar-refractivity contribution >= 4 is 170 Å². The van der Waals surface area contributed by atoms with Crippen molar-refractivity contribution in [3.8, 4) is 44.5 Å². The predicted molar refractivity (Wildman–Crippen MR) is 596 cm³/mol. The molecule has 22 aromatic rings. The molecule has 0 N–H and O–H groups in total. The van der Waals surface area contributed by atoms with E-state index in [0.717, 1.165) is 22.3 Å². The maximum atomic E-state index is 6.27. The van der Waals surface area contributed by atoms with Gasteiger partial charge in [-0.1, -0.05) is 445 Å². The molecule has 6 aromatic heterocycles. The zero-order valence-electron chi connectivity index (χ0n) is 82.8. The highest BCUT2D eigenvalue weighted by molar-refractivity contribution is 7.27. The quantitative estimate of drug-likeness (QED) is 0.176. The van der Waals surface area contributed by atoms with Crippen molar-refractivity contribution < 1.29 is 8.83 Å². The molecule has 0 aliphatic rings. The molecule has 0 aliphatic carbocycles. The molecule has 0 spiro atoms. The van der Waals surface area contributed by atoms with Crippen LogP contribution in [0.25, 0.3) is 169 Å². The standard InChI is InChI=1S/2C22H20O.2C22H20S.2C20H24S/c1-22(2,3)20-16(15-9-5-4-6-10-15)13-14-18-17-11-7-8-12-19(17)23-21(18)20;1-22(2,3)21-16(15-9-5-4-6-10-15)13-14-19-20(21)17-11-7-8-12-18(17)23-19;1-22(2,3)20-16(15-9-5-4-6-10-15)13-14-18-17-11-7-8-12-19(17)23-21(18)20;1-22(2,3)21-16(15-9-5-4-6-10-15)13-14-19-20(21)17-11-7-8-12-18(17)23-19;1-19(2,3)14-11-12-16-17(18(14)20(4,5)6)13-9-7-8-10-15(13)21-16;1-19(2,3)15-12-11-14-13-9-7-8-10-16(13)21-18(14)17(15)20(4,5)6/h4*4-14H,1-3H3;2*7-12H,1-6H3. The van der Waals surface area contributed by atoms with Gasteiger partial charge in [0, 0.05) is 108 Å². The van der Waals surface area contributed by atoms with Gasteiger partial charge in [-0.25, -0.2) is 0 Å². The molecule has 0 amide bonds. The molecular weight excluding hydrogens is 1700 g/mol. The zero-order chi connectivity index (χ0) is 94.9. The minimum Gasteiger partial charge on any atom is -0.456 e. The maximum absolute atomic E-state index is 6.27. The van der Waals surface area contributed by atoms with Crippen LogP contribution in [0.2, 0.25) is 0 Å². The van der Waals surface area contributed by atoms with Gasteiger partial charge in [0.2, 0.25) is 0 Å². The first-order valence-corrected chi connectivity index (χ1v) is 50.8. The Kier molecular flexibility index (Phi) is 25.7. The third kappa shape index (κ3) is 18.9. The van der Waals surface area contributed by atoms with Gasteiger partial charge in [-0.05, 0) is 187 Å². The summed E-state index contributed by atoms with van der Waals surface area (Å²) in [6.07, 6.45) is 0. The van der Waals surface area contributed by atoms with E-state index in [1.807, 2.05) is 69.6 Å². The summed E-state index contributed by atoms with van der Waals surface area (Å²) in [4.78, 5) is 0. The average molecular weight is 1830 g/mol. The molecule has 134 heavy (non-hydrogen) atoms. The van der Waals surface area contributed by atoms with Crippen molar-refractivity contribution in [1.82, 2.24) is 0 Å². The van der Waals surface area contributed by atoms with E-state index in [2.05, 4.69) is 482 Å². The monoisotopic (exact) mass is 1820 g/mol. The van der Waals surface area contributed by atoms with Crippen LogP contribution in [0.3, 0.4) is 0 Å². The first-order valence-electron chi connectivity index (χ1n) is 47.5. The van der Waals surface area contributed by atoms with Crippen LogP contribution in [0.4, 0.5) is 0 Å². The van der Waals surface area contributed by atoms with Crippen LogP contribution in [0.5, 0.6) is 0 Å². The van der Waals surface area contributed by atoms with Gasteiger partial charge >= 0.3 is 0 Å². The summed E-state index contributed by atoms with van der Waals surface area (Å²) in [5.41, 5.74) is 26.7. The smallest absolute Gasteiger partial charge is 0.139 e. The van der Waals surface area contributed by atoms with Crippen molar-refractivity contribution in [3.05, 3.63) is 384 Å². The van der Waals surface area contributed by atoms with Crippen LogP contribution < -0.4 is 0 Å². The molecule has 676 valence electrons. The van der Waals surface area contributed by atoms with E-state index >= 15 is 0 Å². The molecule has 0 atom stereocenters. The zero-order valence-corrected chi connectivity index (χ0v) is 86.0. The second-order valence-corrected chi connectivity index (χ2v) is 48.5. The average Bonchev–Trinajstić information content (AvgIpc) is 1.56. The predicted octanol–water partition coefficient (Wildman–Crippen LogP) is 40.4. The molecule has 16 aromatic carbocycles. The summed E-state index contributed by atoms with van der Waals surface area (Å²) >= 11 is 7.68. The Labute approximate surface area is 810 Å². The summed E-state index contributed by atoms with van der Waals surface area (Å²) in [5, 5.41) is 16.1. The van der Waals surface area contributed by atoms with Crippen molar-refractivity contribution in [3.63, 3.8) is 0 Å². The van der Waals surface area contributed by atoms with Crippen molar-refractivity contribution in [2.75, 3.05) is 0 Å². The van der Waals surface area contributed by atoms with E-state index in [0.29, 0.717) is 0 Å². The van der Waals surface area contributed by atoms with Gasteiger partial charge in [-0.2, -0.15) is 0 Å². The van der Waals surface area contributed by atoms with Crippen LogP contribution in [0.1, 0.15) is 211 Å². The number of rotatable bonds is 4. The van der Waals surface area contributed by atoms with Gasteiger partial charge in [0.15, 0.2) is 0 Å². The lowest BCUT2D eigenvalue weighted by Gasteiger charge is -2.31. The van der Waals surface area contributed by atoms with E-state index in [4.69, 9.17) is 8.83 Å². The van der Waals surface area contributed by atoms with Crippen molar-refractivity contribution in [2.24, 2.45) is 0 Å². The van der Waals surface area contributed by atoms with Crippen LogP contribution in [0.15, 0.2) is 349 Å². The molecule has 0 aliphatic heterocycles. The molecular formula is C128H128O2S4. The number of thiophene rings is 4. The Morgan fingerprint density at radius 1 is 0.164 bits per heavy atom. The van der Waals surface area contributed by atoms with Crippen LogP contribution in [-0.2, 0) is 43.3 Å². The van der Waals surface area contributed by atoms with E-state index < -0.39 is 0 Å². The van der Waals surface area contributed by atoms with Gasteiger partial charge in [-0.3, -0.25) is 0 Å². The third-order valence-electron chi connectivity index (χ3n) is 25.7. The van der Waals surface area contributed by atoms with Crippen molar-refractivity contribution in [1.29, 1.82) is 0 Å². The molecule has 0 bridgehead atoms. The summed E-state index contributed by atoms with van der Waals surface area (Å²) in [7, 11) is 0. The minimum absolute atomic E-state index is 0.00143. The molecule has 0 fully saturated rings. The molecule has 2 nitrogen and oxygen atoms in total. The second-order valence-electron chi connectivity index (χ2n) is 44.2. The van der Waals surface area contributed by atoms with E-state index in [1.54, 1.807) is 0 Å². The Morgan fingerprint density at radius 3 is 0.881 bits per heavy atom. The molecule has 6 heteroatoms. The summed E-state index contributed by atoms with van der Waals surface area (Å²) in [5.74, 6) is 0. The first-order chi connectivity index (χ1) is 63.6. The highest BCUT2D eigenvalue weighted by Gasteiger charge is 2.34. The Bertz CT molecular complexity index is 7670. The lowest BCUT2D eigenvalue weighted by atomic mass is 9.73. The van der Waals surface area contributed by atoms with Crippen LogP contribution in [-0.4, -0.2) is 0 Å². The number of hydrogen-bond donors (Lipinski definition) is 0. The summed E-state index contributed by atoms with van der Waals surface area (Å²) in [6, 6.07) is 122. The van der Waals surface area contributed by atoms with Crippen LogP contribution >= 0.6 is 45.3 Å². The first kappa shape index (κ1) is 93.8. The number of benzene rings is 16. The van der Waals surface area contributed by atoms with E-state index in [9.17, 15) is 0 Å². The number of para-hydroxylation sites is 2. The SMILES string of the molecule is CC(C)(C)c1c(-c2ccccc2)ccc2c1oc1ccccc12.CC(C)(C)c1c(-c2ccccc2)ccc2c1sc1ccccc12.CC(C)(C)c1c(-c2ccccc2)ccc2oc3ccccc3c12.CC(C)(C)c1c(-c2ccccc2)ccc2sc3ccccc3c12.CC(C)(C)c1ccc2c(sc3ccccc32)c1C(C)(C)C.CC(C)(C)c1ccc2sc3ccccc3c2c1C(C)(C)C. The molecule has 6 heterocycles. The summed E-state index contributed by atoms with van der Waals surface area (Å²) < 4.78 is 23.6. The lowest BCUT2D eigenvalue weighted by Crippen LogP contribution is -2.22. The van der Waals surface area contributed by atoms with Crippen LogP contribution in [0, 0.1) is 0 Å². The van der Waals surface area contributed by atoms with Gasteiger partial charge in [0.25, 0.3) is 0 Å². The highest BCUT2D eigenvalue weighted by Crippen LogP contribution is 2.52. The third-order valence-corrected chi connectivity index (χ3v) is 30.4. The number of hydrogen-bond acceptors (Lipinski definition) is 6. The van der Waals surface area contributed by atoms with Gasteiger partial charge < -0.3 is 8.83 Å². The Morgan fingerprint density at radius 2 is 0.455 bits per heavy atom. The number of furan rings is 2. The molecule has 0 saturated carbocycles. The molecule has 0 unspecified atom stereocenters. The van der Waals surface area contributed by atoms with Gasteiger partial charge in [0.05, 0.1) is 0 Å². The maximum Gasteiger partial charge on any atom is 0.139 e. The fraction of sp³-hybridized carbons (Fsp3) is 0.250. The van der Waals surface area contributed by atoms with Crippen molar-refractivity contribution in [2.45, 2.75) is 209 Å². The highest BCUT2D eigenvalue weighted by atomic mass is 32.1. The second kappa shape index (κ2) is 36.7. The topological polar surface area (TPSA) is 26.3 Å².